The summed E-state index contributed by atoms with van der Waals surface area (Å²) in [5.41, 5.74) is 0. The molecule has 3 atom stereocenters. The van der Waals surface area contributed by atoms with Gasteiger partial charge < -0.3 is 4.90 Å². The van der Waals surface area contributed by atoms with Gasteiger partial charge in [0.1, 0.15) is 0 Å². The zero-order chi connectivity index (χ0) is 15.5. The summed E-state index contributed by atoms with van der Waals surface area (Å²) in [6.07, 6.45) is -2.50. The first kappa shape index (κ1) is 17.2. The molecular weight excluding hydrogens is 276 g/mol. The third-order valence-corrected chi connectivity index (χ3v) is 3.77. The van der Waals surface area contributed by atoms with Gasteiger partial charge >= 0.3 is 12.3 Å². The summed E-state index contributed by atoms with van der Waals surface area (Å²) in [6, 6.07) is -0.565. The van der Waals surface area contributed by atoms with Gasteiger partial charge in [-0.1, -0.05) is 33.6 Å². The Morgan fingerprint density at radius 1 is 1.35 bits per heavy atom. The molecule has 0 aromatic heterocycles. The third kappa shape index (κ3) is 3.62. The van der Waals surface area contributed by atoms with E-state index >= 15 is 0 Å². The highest BCUT2D eigenvalue weighted by Gasteiger charge is 2.49. The number of hydrogen-bond donors (Lipinski definition) is 1. The van der Waals surface area contributed by atoms with E-state index in [4.69, 9.17) is 0 Å². The minimum absolute atomic E-state index is 0.0213. The van der Waals surface area contributed by atoms with Crippen molar-refractivity contribution >= 4 is 5.91 Å². The van der Waals surface area contributed by atoms with Gasteiger partial charge in [-0.2, -0.15) is 8.78 Å². The molecule has 20 heavy (non-hydrogen) atoms. The fraction of sp³-hybridized carbons (Fsp3) is 0.923. The molecule has 1 saturated heterocycles. The molecule has 1 rings (SSSR count). The summed E-state index contributed by atoms with van der Waals surface area (Å²) >= 11 is 0. The lowest BCUT2D eigenvalue weighted by molar-refractivity contribution is -0.157. The van der Waals surface area contributed by atoms with Crippen molar-refractivity contribution in [2.24, 2.45) is 5.92 Å². The third-order valence-electron chi connectivity index (χ3n) is 3.77. The van der Waals surface area contributed by atoms with E-state index in [1.54, 1.807) is 0 Å². The highest BCUT2D eigenvalue weighted by molar-refractivity contribution is 5.84. The fourth-order valence-corrected chi connectivity index (χ4v) is 2.34. The summed E-state index contributed by atoms with van der Waals surface area (Å²) < 4.78 is 51.1. The van der Waals surface area contributed by atoms with Gasteiger partial charge in [-0.05, 0) is 12.3 Å². The molecule has 1 amide bonds. The van der Waals surface area contributed by atoms with Gasteiger partial charge in [0.15, 0.2) is 0 Å². The second-order valence-electron chi connectivity index (χ2n) is 5.36. The highest BCUT2D eigenvalue weighted by Crippen LogP contribution is 2.29. The molecule has 3 unspecified atom stereocenters. The fourth-order valence-electron chi connectivity index (χ4n) is 2.34. The first-order valence-corrected chi connectivity index (χ1v) is 6.97. The lowest BCUT2D eigenvalue weighted by Crippen LogP contribution is -2.47. The summed E-state index contributed by atoms with van der Waals surface area (Å²) in [5, 5.41) is 3.00. The van der Waals surface area contributed by atoms with Gasteiger partial charge in [-0.15, -0.1) is 0 Å². The Morgan fingerprint density at radius 3 is 2.40 bits per heavy atom. The lowest BCUT2D eigenvalue weighted by atomic mass is 9.99. The van der Waals surface area contributed by atoms with Crippen LogP contribution in [0.4, 0.5) is 17.6 Å². The maximum absolute atomic E-state index is 13.2. The Hall–Kier alpha value is -0.850. The molecule has 0 aromatic rings. The molecule has 1 heterocycles. The molecule has 0 saturated carbocycles. The predicted molar refractivity (Wildman–Crippen MR) is 67.7 cm³/mol. The second-order valence-corrected chi connectivity index (χ2v) is 5.36. The number of amides is 1. The number of nitrogens with zero attached hydrogens (tertiary/aromatic N) is 1. The van der Waals surface area contributed by atoms with E-state index in [1.807, 2.05) is 20.8 Å². The average Bonchev–Trinajstić information content (AvgIpc) is 2.67. The molecule has 0 bridgehead atoms. The largest absolute Gasteiger partial charge is 0.324 e. The first-order valence-electron chi connectivity index (χ1n) is 6.97. The summed E-state index contributed by atoms with van der Waals surface area (Å²) in [6.45, 7) is 4.36. The molecule has 3 nitrogen and oxygen atoms in total. The van der Waals surface area contributed by atoms with Crippen LogP contribution in [0.3, 0.4) is 0 Å². The second kappa shape index (κ2) is 6.74. The number of alkyl halides is 4. The van der Waals surface area contributed by atoms with Crippen LogP contribution in [-0.2, 0) is 4.79 Å². The van der Waals surface area contributed by atoms with Gasteiger partial charge in [-0.25, -0.2) is 8.78 Å². The number of carbonyl (C=O) groups is 1. The normalized spacial score (nSPS) is 25.6. The van der Waals surface area contributed by atoms with E-state index in [1.165, 1.54) is 0 Å². The predicted octanol–water partition coefficient (Wildman–Crippen LogP) is 2.86. The van der Waals surface area contributed by atoms with Gasteiger partial charge in [0.25, 0.3) is 0 Å². The Kier molecular flexibility index (Phi) is 5.79. The Balaban J connectivity index is 2.87. The number of halogens is 4. The van der Waals surface area contributed by atoms with Crippen molar-refractivity contribution in [3.8, 4) is 0 Å². The smallest absolute Gasteiger partial charge is 0.320 e. The quantitative estimate of drug-likeness (QED) is 0.733. The van der Waals surface area contributed by atoms with Crippen LogP contribution in [0.25, 0.3) is 0 Å². The van der Waals surface area contributed by atoms with Crippen molar-refractivity contribution in [3.63, 3.8) is 0 Å². The zero-order valence-electron chi connectivity index (χ0n) is 12.0. The van der Waals surface area contributed by atoms with Crippen LogP contribution in [-0.4, -0.2) is 41.9 Å². The molecule has 118 valence electrons. The van der Waals surface area contributed by atoms with Crippen molar-refractivity contribution in [1.29, 1.82) is 0 Å². The zero-order valence-corrected chi connectivity index (χ0v) is 12.0. The monoisotopic (exact) mass is 298 g/mol. The van der Waals surface area contributed by atoms with Crippen LogP contribution in [0.5, 0.6) is 0 Å². The molecule has 1 fully saturated rings. The highest BCUT2D eigenvalue weighted by atomic mass is 19.3. The number of nitrogens with one attached hydrogen (secondary N) is 1. The van der Waals surface area contributed by atoms with Crippen LogP contribution in [0.1, 0.15) is 40.0 Å². The SMILES string of the molecule is CCCC1NC(C(C)CC)C(=O)N1CC(F)(F)C(F)F. The molecule has 0 spiro atoms. The first-order chi connectivity index (χ1) is 9.24. The van der Waals surface area contributed by atoms with Gasteiger partial charge in [0.2, 0.25) is 5.91 Å². The molecular formula is C13H22F4N2O. The molecule has 1 aliphatic heterocycles. The Bertz CT molecular complexity index is 338. The van der Waals surface area contributed by atoms with Crippen molar-refractivity contribution < 1.29 is 22.4 Å². The van der Waals surface area contributed by atoms with Crippen molar-refractivity contribution in [1.82, 2.24) is 10.2 Å². The minimum Gasteiger partial charge on any atom is -0.320 e. The molecule has 0 radical (unpaired) electrons. The molecule has 1 N–H and O–H groups in total. The lowest BCUT2D eigenvalue weighted by Gasteiger charge is -2.28. The summed E-state index contributed by atoms with van der Waals surface area (Å²) in [4.78, 5) is 13.1. The summed E-state index contributed by atoms with van der Waals surface area (Å²) in [7, 11) is 0. The van der Waals surface area contributed by atoms with Gasteiger partial charge in [-0.3, -0.25) is 10.1 Å². The van der Waals surface area contributed by atoms with E-state index in [0.717, 1.165) is 4.90 Å². The summed E-state index contributed by atoms with van der Waals surface area (Å²) in [5.74, 6) is -4.70. The Morgan fingerprint density at radius 2 is 1.95 bits per heavy atom. The van der Waals surface area contributed by atoms with Crippen LogP contribution in [0, 0.1) is 5.92 Å². The van der Waals surface area contributed by atoms with Crippen LogP contribution in [0.15, 0.2) is 0 Å². The van der Waals surface area contributed by atoms with E-state index in [0.29, 0.717) is 19.3 Å². The molecule has 7 heteroatoms. The number of hydrogen-bond acceptors (Lipinski definition) is 2. The van der Waals surface area contributed by atoms with Gasteiger partial charge in [0.05, 0.1) is 18.8 Å². The van der Waals surface area contributed by atoms with E-state index < -0.39 is 37.0 Å². The van der Waals surface area contributed by atoms with Crippen molar-refractivity contribution in [2.75, 3.05) is 6.54 Å². The van der Waals surface area contributed by atoms with E-state index in [9.17, 15) is 22.4 Å². The molecule has 0 aromatic carbocycles. The number of rotatable bonds is 7. The maximum Gasteiger partial charge on any atom is 0.324 e. The van der Waals surface area contributed by atoms with E-state index in [2.05, 4.69) is 5.32 Å². The number of carbonyl (C=O) groups excluding carboxylic acids is 1. The standard InChI is InChI=1S/C13H22F4N2O/c1-4-6-9-18-10(8(3)5-2)11(20)19(9)7-13(16,17)12(14)15/h8-10,12,18H,4-7H2,1-3H3. The van der Waals surface area contributed by atoms with Crippen LogP contribution in [0.2, 0.25) is 0 Å². The van der Waals surface area contributed by atoms with Crippen LogP contribution < -0.4 is 5.32 Å². The van der Waals surface area contributed by atoms with Crippen LogP contribution >= 0.6 is 0 Å². The molecule has 0 aliphatic carbocycles. The Labute approximate surface area is 116 Å². The van der Waals surface area contributed by atoms with E-state index in [-0.39, 0.29) is 5.92 Å². The van der Waals surface area contributed by atoms with Gasteiger partial charge in [0, 0.05) is 0 Å². The minimum atomic E-state index is -4.17. The maximum atomic E-state index is 13.2. The molecule has 1 aliphatic rings. The van der Waals surface area contributed by atoms with Crippen molar-refractivity contribution in [3.05, 3.63) is 0 Å². The van der Waals surface area contributed by atoms with Crippen molar-refractivity contribution in [2.45, 2.75) is 64.6 Å². The average molecular weight is 298 g/mol. The topological polar surface area (TPSA) is 32.3 Å².